The van der Waals surface area contributed by atoms with Crippen LogP contribution in [0.3, 0.4) is 0 Å². The fraction of sp³-hybridized carbons (Fsp3) is 0.167. The van der Waals surface area contributed by atoms with Crippen molar-refractivity contribution in [3.05, 3.63) is 114 Å². The van der Waals surface area contributed by atoms with Crippen molar-refractivity contribution in [3.63, 3.8) is 0 Å². The highest BCUT2D eigenvalue weighted by Crippen LogP contribution is 2.33. The quantitative estimate of drug-likeness (QED) is 0.222. The zero-order chi connectivity index (χ0) is 27.6. The van der Waals surface area contributed by atoms with Gasteiger partial charge in [0.15, 0.2) is 5.13 Å². The van der Waals surface area contributed by atoms with Crippen molar-refractivity contribution in [1.29, 1.82) is 0 Å². The average Bonchev–Trinajstić information content (AvgIpc) is 3.37. The number of fused-ring (bicyclic) bond motifs is 1. The van der Waals surface area contributed by atoms with Gasteiger partial charge in [0, 0.05) is 24.5 Å². The number of pyridine rings is 1. The molecule has 0 N–H and O–H groups in total. The third kappa shape index (κ3) is 5.41. The molecule has 2 heterocycles. The minimum absolute atomic E-state index is 0.120. The van der Waals surface area contributed by atoms with E-state index in [0.717, 1.165) is 26.9 Å². The predicted molar refractivity (Wildman–Crippen MR) is 157 cm³/mol. The number of benzene rings is 3. The van der Waals surface area contributed by atoms with Gasteiger partial charge in [0.25, 0.3) is 15.9 Å². The smallest absolute Gasteiger partial charge is 0.264 e. The highest BCUT2D eigenvalue weighted by molar-refractivity contribution is 7.92. The molecule has 0 radical (unpaired) electrons. The summed E-state index contributed by atoms with van der Waals surface area (Å²) in [5, 5.41) is 0.575. The van der Waals surface area contributed by atoms with E-state index >= 15 is 0 Å². The van der Waals surface area contributed by atoms with E-state index in [1.165, 1.54) is 27.8 Å². The summed E-state index contributed by atoms with van der Waals surface area (Å²) in [6.45, 7) is 6.41. The molecule has 0 aliphatic rings. The molecule has 0 spiro atoms. The molecule has 9 heteroatoms. The highest BCUT2D eigenvalue weighted by Gasteiger charge is 2.26. The van der Waals surface area contributed by atoms with E-state index in [1.54, 1.807) is 60.6 Å². The number of nitrogens with zero attached hydrogens (tertiary/aromatic N) is 4. The minimum Gasteiger partial charge on any atom is -0.279 e. The molecule has 2 aromatic heterocycles. The average molecular weight is 557 g/mol. The lowest BCUT2D eigenvalue weighted by molar-refractivity contribution is 0.0985. The molecule has 0 aliphatic heterocycles. The van der Waals surface area contributed by atoms with Crippen LogP contribution in [0.5, 0.6) is 0 Å². The first-order chi connectivity index (χ1) is 18.8. The Morgan fingerprint density at radius 3 is 2.36 bits per heavy atom. The van der Waals surface area contributed by atoms with Gasteiger partial charge in [0.2, 0.25) is 0 Å². The summed E-state index contributed by atoms with van der Waals surface area (Å²) in [6, 6.07) is 23.0. The van der Waals surface area contributed by atoms with Crippen molar-refractivity contribution in [2.45, 2.75) is 32.2 Å². The second-order valence-electron chi connectivity index (χ2n) is 9.21. The van der Waals surface area contributed by atoms with Gasteiger partial charge in [-0.05, 0) is 86.0 Å². The molecule has 7 nitrogen and oxygen atoms in total. The number of carbonyl (C=O) groups is 1. The number of aryl methyl sites for hydroxylation is 2. The van der Waals surface area contributed by atoms with Crippen LogP contribution in [0.4, 0.5) is 10.8 Å². The highest BCUT2D eigenvalue weighted by atomic mass is 32.2. The number of hydrogen-bond acceptors (Lipinski definition) is 6. The van der Waals surface area contributed by atoms with Gasteiger partial charge in [-0.2, -0.15) is 0 Å². The third-order valence-electron chi connectivity index (χ3n) is 6.38. The van der Waals surface area contributed by atoms with Crippen LogP contribution in [-0.2, 0) is 16.6 Å². The molecule has 0 bridgehead atoms. The van der Waals surface area contributed by atoms with Gasteiger partial charge in [0.1, 0.15) is 0 Å². The maximum absolute atomic E-state index is 13.9. The number of rotatable bonds is 8. The fourth-order valence-corrected chi connectivity index (χ4v) is 7.13. The molecule has 0 aliphatic carbocycles. The van der Waals surface area contributed by atoms with Gasteiger partial charge >= 0.3 is 0 Å². The minimum atomic E-state index is -3.80. The van der Waals surface area contributed by atoms with Crippen molar-refractivity contribution < 1.29 is 13.2 Å². The Balaban J connectivity index is 1.50. The van der Waals surface area contributed by atoms with Crippen LogP contribution in [0.15, 0.2) is 96.2 Å². The Labute approximate surface area is 232 Å². The van der Waals surface area contributed by atoms with Crippen molar-refractivity contribution in [1.82, 2.24) is 9.97 Å². The lowest BCUT2D eigenvalue weighted by Crippen LogP contribution is -2.31. The number of para-hydroxylation sites is 1. The maximum Gasteiger partial charge on any atom is 0.264 e. The topological polar surface area (TPSA) is 83.5 Å². The fourth-order valence-electron chi connectivity index (χ4n) is 4.51. The molecular formula is C30H28N4O3S2. The summed E-state index contributed by atoms with van der Waals surface area (Å²) in [5.41, 5.74) is 4.87. The number of hydrogen-bond donors (Lipinski definition) is 0. The number of amides is 1. The Morgan fingerprint density at radius 2 is 1.69 bits per heavy atom. The van der Waals surface area contributed by atoms with E-state index in [9.17, 15) is 13.2 Å². The molecule has 0 saturated carbocycles. The molecular weight excluding hydrogens is 528 g/mol. The largest absolute Gasteiger partial charge is 0.279 e. The van der Waals surface area contributed by atoms with E-state index in [1.807, 2.05) is 32.0 Å². The van der Waals surface area contributed by atoms with Crippen molar-refractivity contribution in [3.8, 4) is 0 Å². The zero-order valence-electron chi connectivity index (χ0n) is 21.9. The van der Waals surface area contributed by atoms with Crippen molar-refractivity contribution in [2.75, 3.05) is 15.7 Å². The van der Waals surface area contributed by atoms with Gasteiger partial charge in [-0.1, -0.05) is 41.7 Å². The molecule has 0 saturated heterocycles. The normalized spacial score (nSPS) is 11.5. The standard InChI is InChI=1S/C30H28N4O3S2/c1-4-34(25-10-6-5-7-11-25)39(36,37)26-14-12-24(13-15-26)29(35)33(20-23-9-8-16-31-19-23)30-32-28-22(3)17-21(2)18-27(28)38-30/h5-19H,4,20H2,1-3H3. The van der Waals surface area contributed by atoms with Crippen LogP contribution in [0.2, 0.25) is 0 Å². The monoisotopic (exact) mass is 556 g/mol. The van der Waals surface area contributed by atoms with Gasteiger partial charge in [-0.15, -0.1) is 0 Å². The molecule has 39 heavy (non-hydrogen) atoms. The summed E-state index contributed by atoms with van der Waals surface area (Å²) < 4.78 is 29.2. The summed E-state index contributed by atoms with van der Waals surface area (Å²) >= 11 is 1.46. The molecule has 0 fully saturated rings. The maximum atomic E-state index is 13.9. The number of aromatic nitrogens is 2. The van der Waals surface area contributed by atoms with Crippen LogP contribution in [0.1, 0.15) is 34.0 Å². The number of anilines is 2. The summed E-state index contributed by atoms with van der Waals surface area (Å²) in [7, 11) is -3.80. The van der Waals surface area contributed by atoms with E-state index in [-0.39, 0.29) is 23.9 Å². The van der Waals surface area contributed by atoms with Gasteiger partial charge in [0.05, 0.1) is 27.3 Å². The van der Waals surface area contributed by atoms with Gasteiger partial charge in [-0.3, -0.25) is 19.0 Å². The van der Waals surface area contributed by atoms with Crippen molar-refractivity contribution in [2.24, 2.45) is 0 Å². The Bertz CT molecular complexity index is 1720. The summed E-state index contributed by atoms with van der Waals surface area (Å²) in [6.07, 6.45) is 3.41. The zero-order valence-corrected chi connectivity index (χ0v) is 23.5. The van der Waals surface area contributed by atoms with E-state index < -0.39 is 10.0 Å². The SMILES string of the molecule is CCN(c1ccccc1)S(=O)(=O)c1ccc(C(=O)N(Cc2cccnc2)c2nc3c(C)cc(C)cc3s2)cc1. The molecule has 0 atom stereocenters. The van der Waals surface area contributed by atoms with Crippen LogP contribution in [0.25, 0.3) is 10.2 Å². The molecule has 1 amide bonds. The number of sulfonamides is 1. The lowest BCUT2D eigenvalue weighted by Gasteiger charge is -2.23. The van der Waals surface area contributed by atoms with Crippen LogP contribution >= 0.6 is 11.3 Å². The first kappa shape index (κ1) is 26.5. The van der Waals surface area contributed by atoms with Crippen LogP contribution in [0, 0.1) is 13.8 Å². The third-order valence-corrected chi connectivity index (χ3v) is 9.32. The predicted octanol–water partition coefficient (Wildman–Crippen LogP) is 6.37. The lowest BCUT2D eigenvalue weighted by atomic mass is 10.1. The number of thiazole rings is 1. The first-order valence-corrected chi connectivity index (χ1v) is 14.8. The van der Waals surface area contributed by atoms with Gasteiger partial charge in [-0.25, -0.2) is 13.4 Å². The van der Waals surface area contributed by atoms with Crippen LogP contribution < -0.4 is 9.21 Å². The molecule has 3 aromatic carbocycles. The van der Waals surface area contributed by atoms with E-state index in [4.69, 9.17) is 4.98 Å². The second kappa shape index (κ2) is 11.0. The molecule has 198 valence electrons. The van der Waals surface area contributed by atoms with Crippen molar-refractivity contribution >= 4 is 48.3 Å². The number of carbonyl (C=O) groups excluding carboxylic acids is 1. The summed E-state index contributed by atoms with van der Waals surface area (Å²) in [5.74, 6) is -0.272. The Hall–Kier alpha value is -4.08. The van der Waals surface area contributed by atoms with Gasteiger partial charge < -0.3 is 0 Å². The van der Waals surface area contributed by atoms with E-state index in [0.29, 0.717) is 16.4 Å². The first-order valence-electron chi connectivity index (χ1n) is 12.5. The van der Waals surface area contributed by atoms with E-state index in [2.05, 4.69) is 17.1 Å². The molecule has 0 unspecified atom stereocenters. The summed E-state index contributed by atoms with van der Waals surface area (Å²) in [4.78, 5) is 24.6. The molecule has 5 rings (SSSR count). The Kier molecular flexibility index (Phi) is 7.45. The Morgan fingerprint density at radius 1 is 0.949 bits per heavy atom. The molecule has 5 aromatic rings. The second-order valence-corrected chi connectivity index (χ2v) is 12.1. The van der Waals surface area contributed by atoms with Crippen LogP contribution in [-0.4, -0.2) is 30.8 Å².